The van der Waals surface area contributed by atoms with Gasteiger partial charge in [0.15, 0.2) is 0 Å². The van der Waals surface area contributed by atoms with Crippen LogP contribution in [0.25, 0.3) is 0 Å². The summed E-state index contributed by atoms with van der Waals surface area (Å²) >= 11 is 0. The van der Waals surface area contributed by atoms with Gasteiger partial charge in [-0.2, -0.15) is 0 Å². The number of methoxy groups -OCH3 is 1. The van der Waals surface area contributed by atoms with E-state index in [-0.39, 0.29) is 0 Å². The highest BCUT2D eigenvalue weighted by Gasteiger charge is 2.21. The largest absolute Gasteiger partial charge is 0.495 e. The number of carboxylic acids is 2. The molecule has 0 spiro atoms. The van der Waals surface area contributed by atoms with E-state index in [0.717, 1.165) is 5.56 Å². The standard InChI is InChI=1S/C12H15NO5/c1-7-3-4-10(18-2)8(5-7)13-9(12(16)17)6-11(14)15/h3-5,9,13H,6H2,1-2H3,(H,14,15)(H,16,17). The lowest BCUT2D eigenvalue weighted by Crippen LogP contribution is -2.31. The van der Waals surface area contributed by atoms with Crippen molar-refractivity contribution in [1.82, 2.24) is 0 Å². The Morgan fingerprint density at radius 1 is 1.39 bits per heavy atom. The second kappa shape index (κ2) is 5.90. The molecule has 0 bridgehead atoms. The maximum atomic E-state index is 11.0. The second-order valence-corrected chi connectivity index (χ2v) is 3.84. The van der Waals surface area contributed by atoms with E-state index < -0.39 is 24.4 Å². The number of aryl methyl sites for hydroxylation is 1. The Balaban J connectivity index is 2.95. The second-order valence-electron chi connectivity index (χ2n) is 3.84. The van der Waals surface area contributed by atoms with Crippen LogP contribution in [0.1, 0.15) is 12.0 Å². The molecular weight excluding hydrogens is 238 g/mol. The van der Waals surface area contributed by atoms with Gasteiger partial charge in [0.05, 0.1) is 19.2 Å². The van der Waals surface area contributed by atoms with Crippen molar-refractivity contribution < 1.29 is 24.5 Å². The van der Waals surface area contributed by atoms with Crippen LogP contribution in [0.3, 0.4) is 0 Å². The summed E-state index contributed by atoms with van der Waals surface area (Å²) in [5, 5.41) is 20.3. The summed E-state index contributed by atoms with van der Waals surface area (Å²) in [5.74, 6) is -1.93. The monoisotopic (exact) mass is 253 g/mol. The lowest BCUT2D eigenvalue weighted by atomic mass is 10.1. The van der Waals surface area contributed by atoms with Gasteiger partial charge in [-0.05, 0) is 24.6 Å². The molecule has 98 valence electrons. The number of anilines is 1. The van der Waals surface area contributed by atoms with Crippen molar-refractivity contribution in [3.63, 3.8) is 0 Å². The van der Waals surface area contributed by atoms with Crippen LogP contribution in [0.2, 0.25) is 0 Å². The molecule has 1 rings (SSSR count). The first kappa shape index (κ1) is 13.8. The van der Waals surface area contributed by atoms with E-state index in [9.17, 15) is 9.59 Å². The van der Waals surface area contributed by atoms with Crippen LogP contribution in [0.5, 0.6) is 5.75 Å². The predicted octanol–water partition coefficient (Wildman–Crippen LogP) is 1.34. The molecular formula is C12H15NO5. The molecule has 6 heteroatoms. The highest BCUT2D eigenvalue weighted by Crippen LogP contribution is 2.26. The maximum Gasteiger partial charge on any atom is 0.326 e. The van der Waals surface area contributed by atoms with Gasteiger partial charge < -0.3 is 20.3 Å². The highest BCUT2D eigenvalue weighted by atomic mass is 16.5. The molecule has 0 amide bonds. The fourth-order valence-electron chi connectivity index (χ4n) is 1.50. The number of rotatable bonds is 6. The van der Waals surface area contributed by atoms with Gasteiger partial charge in [0.2, 0.25) is 0 Å². The maximum absolute atomic E-state index is 11.0. The summed E-state index contributed by atoms with van der Waals surface area (Å²) in [6.07, 6.45) is -0.508. The summed E-state index contributed by atoms with van der Waals surface area (Å²) in [6.45, 7) is 1.84. The molecule has 0 aliphatic heterocycles. The molecule has 1 unspecified atom stereocenters. The van der Waals surface area contributed by atoms with Crippen molar-refractivity contribution in [2.24, 2.45) is 0 Å². The molecule has 0 aliphatic rings. The van der Waals surface area contributed by atoms with Crippen LogP contribution in [-0.2, 0) is 9.59 Å². The number of benzene rings is 1. The molecule has 0 saturated heterocycles. The van der Waals surface area contributed by atoms with Crippen LogP contribution in [0, 0.1) is 6.92 Å². The summed E-state index contributed by atoms with van der Waals surface area (Å²) < 4.78 is 5.08. The van der Waals surface area contributed by atoms with E-state index in [0.29, 0.717) is 11.4 Å². The number of carboxylic acid groups (broad SMARTS) is 2. The number of hydrogen-bond donors (Lipinski definition) is 3. The van der Waals surface area contributed by atoms with Crippen LogP contribution in [-0.4, -0.2) is 35.3 Å². The third kappa shape index (κ3) is 3.65. The average Bonchev–Trinajstić information content (AvgIpc) is 2.27. The molecule has 0 heterocycles. The predicted molar refractivity (Wildman–Crippen MR) is 65.0 cm³/mol. The lowest BCUT2D eigenvalue weighted by molar-refractivity contribution is -0.144. The number of nitrogens with one attached hydrogen (secondary N) is 1. The van der Waals surface area contributed by atoms with E-state index in [2.05, 4.69) is 5.32 Å². The van der Waals surface area contributed by atoms with Crippen molar-refractivity contribution in [2.75, 3.05) is 12.4 Å². The first-order valence-electron chi connectivity index (χ1n) is 5.30. The van der Waals surface area contributed by atoms with Gasteiger partial charge in [-0.3, -0.25) is 4.79 Å². The van der Waals surface area contributed by atoms with Crippen molar-refractivity contribution in [3.8, 4) is 5.75 Å². The topological polar surface area (TPSA) is 95.9 Å². The molecule has 3 N–H and O–H groups in total. The first-order valence-corrected chi connectivity index (χ1v) is 5.30. The minimum absolute atomic E-state index is 0.464. The zero-order valence-corrected chi connectivity index (χ0v) is 10.1. The molecule has 0 saturated carbocycles. The fourth-order valence-corrected chi connectivity index (χ4v) is 1.50. The van der Waals surface area contributed by atoms with E-state index in [1.54, 1.807) is 12.1 Å². The van der Waals surface area contributed by atoms with Crippen molar-refractivity contribution in [2.45, 2.75) is 19.4 Å². The van der Waals surface area contributed by atoms with Crippen LogP contribution in [0.4, 0.5) is 5.69 Å². The summed E-state index contributed by atoms with van der Waals surface area (Å²) in [5.41, 5.74) is 1.38. The van der Waals surface area contributed by atoms with Crippen molar-refractivity contribution in [1.29, 1.82) is 0 Å². The molecule has 1 aromatic carbocycles. The molecule has 6 nitrogen and oxygen atoms in total. The number of aliphatic carboxylic acids is 2. The Kier molecular flexibility index (Phi) is 4.53. The summed E-state index contributed by atoms with van der Waals surface area (Å²) in [4.78, 5) is 21.5. The quantitative estimate of drug-likeness (QED) is 0.708. The van der Waals surface area contributed by atoms with Crippen LogP contribution < -0.4 is 10.1 Å². The zero-order chi connectivity index (χ0) is 13.7. The van der Waals surface area contributed by atoms with Crippen molar-refractivity contribution >= 4 is 17.6 Å². The van der Waals surface area contributed by atoms with Gasteiger partial charge in [0.1, 0.15) is 11.8 Å². The minimum atomic E-state index is -1.22. The summed E-state index contributed by atoms with van der Waals surface area (Å²) in [6, 6.07) is 4.02. The molecule has 1 aromatic rings. The van der Waals surface area contributed by atoms with Gasteiger partial charge in [0, 0.05) is 0 Å². The normalized spacial score (nSPS) is 11.7. The number of carbonyl (C=O) groups is 2. The zero-order valence-electron chi connectivity index (χ0n) is 10.1. The van der Waals surface area contributed by atoms with E-state index in [1.165, 1.54) is 7.11 Å². The van der Waals surface area contributed by atoms with Gasteiger partial charge in [-0.15, -0.1) is 0 Å². The SMILES string of the molecule is COc1ccc(C)cc1NC(CC(=O)O)C(=O)O. The van der Waals surface area contributed by atoms with E-state index >= 15 is 0 Å². The first-order chi connectivity index (χ1) is 8.43. The highest BCUT2D eigenvalue weighted by molar-refractivity contribution is 5.84. The average molecular weight is 253 g/mol. The lowest BCUT2D eigenvalue weighted by Gasteiger charge is -2.16. The molecule has 1 atom stereocenters. The van der Waals surface area contributed by atoms with Gasteiger partial charge in [0.25, 0.3) is 0 Å². The minimum Gasteiger partial charge on any atom is -0.495 e. The Morgan fingerprint density at radius 3 is 2.56 bits per heavy atom. The molecule has 0 radical (unpaired) electrons. The number of hydrogen-bond acceptors (Lipinski definition) is 4. The van der Waals surface area contributed by atoms with Gasteiger partial charge in [-0.25, -0.2) is 4.79 Å². The van der Waals surface area contributed by atoms with Crippen LogP contribution in [0.15, 0.2) is 18.2 Å². The third-order valence-electron chi connectivity index (χ3n) is 2.36. The fraction of sp³-hybridized carbons (Fsp3) is 0.333. The molecule has 0 aromatic heterocycles. The van der Waals surface area contributed by atoms with Gasteiger partial charge in [-0.1, -0.05) is 6.07 Å². The van der Waals surface area contributed by atoms with Gasteiger partial charge >= 0.3 is 11.9 Å². The van der Waals surface area contributed by atoms with Crippen LogP contribution >= 0.6 is 0 Å². The Bertz CT molecular complexity index is 458. The third-order valence-corrected chi connectivity index (χ3v) is 2.36. The number of ether oxygens (including phenoxy) is 1. The Hall–Kier alpha value is -2.24. The smallest absolute Gasteiger partial charge is 0.326 e. The Labute approximate surface area is 104 Å². The molecule has 18 heavy (non-hydrogen) atoms. The molecule has 0 fully saturated rings. The Morgan fingerprint density at radius 2 is 2.06 bits per heavy atom. The summed E-state index contributed by atoms with van der Waals surface area (Å²) in [7, 11) is 1.46. The van der Waals surface area contributed by atoms with E-state index in [4.69, 9.17) is 14.9 Å². The van der Waals surface area contributed by atoms with E-state index in [1.807, 2.05) is 13.0 Å². The van der Waals surface area contributed by atoms with Crippen molar-refractivity contribution in [3.05, 3.63) is 23.8 Å². The molecule has 0 aliphatic carbocycles.